The third-order valence-corrected chi connectivity index (χ3v) is 3.22. The molecule has 1 amide bonds. The van der Waals surface area contributed by atoms with E-state index in [2.05, 4.69) is 5.32 Å². The molecular formula is C12H24N2O4. The molecule has 0 spiro atoms. The quantitative estimate of drug-likeness (QED) is 0.576. The van der Waals surface area contributed by atoms with Crippen molar-refractivity contribution >= 4 is 5.91 Å². The second-order valence-corrected chi connectivity index (χ2v) is 4.75. The molecule has 1 rings (SSSR count). The summed E-state index contributed by atoms with van der Waals surface area (Å²) in [6.07, 6.45) is 0.779. The predicted molar refractivity (Wildman–Crippen MR) is 67.2 cm³/mol. The summed E-state index contributed by atoms with van der Waals surface area (Å²) in [5.74, 6) is -0.0376. The van der Waals surface area contributed by atoms with Gasteiger partial charge in [0.15, 0.2) is 0 Å². The summed E-state index contributed by atoms with van der Waals surface area (Å²) in [5.41, 5.74) is 5.27. The summed E-state index contributed by atoms with van der Waals surface area (Å²) < 4.78 is 15.4. The number of carbonyl (C=O) groups excluding carboxylic acids is 1. The van der Waals surface area contributed by atoms with E-state index in [-0.39, 0.29) is 11.9 Å². The molecule has 0 aromatic carbocycles. The fraction of sp³-hybridized carbons (Fsp3) is 0.917. The highest BCUT2D eigenvalue weighted by Crippen LogP contribution is 2.26. The van der Waals surface area contributed by atoms with Crippen molar-refractivity contribution in [2.75, 3.05) is 46.7 Å². The van der Waals surface area contributed by atoms with E-state index in [1.54, 1.807) is 7.11 Å². The van der Waals surface area contributed by atoms with Gasteiger partial charge in [-0.1, -0.05) is 0 Å². The standard InChI is InChI=1S/C12H24N2O4/c1-12(9-18-8-10(12)13)11(15)14-4-3-5-17-7-6-16-2/h10H,3-9,13H2,1-2H3,(H,14,15). The Labute approximate surface area is 108 Å². The average Bonchev–Trinajstić information content (AvgIpc) is 2.69. The summed E-state index contributed by atoms with van der Waals surface area (Å²) in [4.78, 5) is 12.0. The predicted octanol–water partition coefficient (Wildman–Crippen LogP) is -0.480. The monoisotopic (exact) mass is 260 g/mol. The van der Waals surface area contributed by atoms with E-state index >= 15 is 0 Å². The molecule has 0 aliphatic carbocycles. The molecule has 1 heterocycles. The molecule has 106 valence electrons. The smallest absolute Gasteiger partial charge is 0.229 e. The van der Waals surface area contributed by atoms with Gasteiger partial charge in [0.05, 0.1) is 31.8 Å². The van der Waals surface area contributed by atoms with Crippen molar-refractivity contribution in [2.24, 2.45) is 11.1 Å². The van der Waals surface area contributed by atoms with Crippen LogP contribution in [0.15, 0.2) is 0 Å². The molecule has 18 heavy (non-hydrogen) atoms. The highest BCUT2D eigenvalue weighted by atomic mass is 16.5. The maximum atomic E-state index is 12.0. The summed E-state index contributed by atoms with van der Waals surface area (Å²) in [6, 6.07) is -0.226. The van der Waals surface area contributed by atoms with Crippen LogP contribution in [0.3, 0.4) is 0 Å². The molecule has 0 saturated carbocycles. The molecule has 0 bridgehead atoms. The Morgan fingerprint density at radius 3 is 2.89 bits per heavy atom. The molecular weight excluding hydrogens is 236 g/mol. The van der Waals surface area contributed by atoms with Gasteiger partial charge >= 0.3 is 0 Å². The van der Waals surface area contributed by atoms with Gasteiger partial charge in [-0.15, -0.1) is 0 Å². The summed E-state index contributed by atoms with van der Waals surface area (Å²) in [7, 11) is 1.64. The van der Waals surface area contributed by atoms with Crippen molar-refractivity contribution < 1.29 is 19.0 Å². The number of carbonyl (C=O) groups is 1. The van der Waals surface area contributed by atoms with Crippen LogP contribution in [0.5, 0.6) is 0 Å². The molecule has 1 saturated heterocycles. The summed E-state index contributed by atoms with van der Waals surface area (Å²) in [5, 5.41) is 2.88. The molecule has 1 aliphatic rings. The van der Waals surface area contributed by atoms with Crippen LogP contribution in [0, 0.1) is 5.41 Å². The van der Waals surface area contributed by atoms with Gasteiger partial charge in [0.2, 0.25) is 5.91 Å². The Morgan fingerprint density at radius 1 is 1.50 bits per heavy atom. The Morgan fingerprint density at radius 2 is 2.28 bits per heavy atom. The number of hydrogen-bond acceptors (Lipinski definition) is 5. The molecule has 2 atom stereocenters. The number of ether oxygens (including phenoxy) is 3. The molecule has 1 aliphatic heterocycles. The highest BCUT2D eigenvalue weighted by Gasteiger charge is 2.44. The van der Waals surface area contributed by atoms with Crippen molar-refractivity contribution in [1.82, 2.24) is 5.32 Å². The zero-order valence-electron chi connectivity index (χ0n) is 11.2. The topological polar surface area (TPSA) is 82.8 Å². The van der Waals surface area contributed by atoms with E-state index in [1.807, 2.05) is 6.92 Å². The first-order chi connectivity index (χ1) is 8.61. The number of nitrogens with two attached hydrogens (primary N) is 1. The Balaban J connectivity index is 2.10. The van der Waals surface area contributed by atoms with Crippen LogP contribution in [-0.4, -0.2) is 58.6 Å². The Hall–Kier alpha value is -0.690. The second-order valence-electron chi connectivity index (χ2n) is 4.75. The van der Waals surface area contributed by atoms with Gasteiger partial charge in [0.1, 0.15) is 0 Å². The van der Waals surface area contributed by atoms with Crippen molar-refractivity contribution in [3.8, 4) is 0 Å². The van der Waals surface area contributed by atoms with Crippen LogP contribution in [0.4, 0.5) is 0 Å². The van der Waals surface area contributed by atoms with Crippen molar-refractivity contribution in [3.63, 3.8) is 0 Å². The minimum Gasteiger partial charge on any atom is -0.382 e. The van der Waals surface area contributed by atoms with E-state index in [1.165, 1.54) is 0 Å². The minimum absolute atomic E-state index is 0.0376. The van der Waals surface area contributed by atoms with E-state index in [9.17, 15) is 4.79 Å². The van der Waals surface area contributed by atoms with Gasteiger partial charge in [-0.25, -0.2) is 0 Å². The van der Waals surface area contributed by atoms with E-state index in [4.69, 9.17) is 19.9 Å². The number of rotatable bonds is 8. The van der Waals surface area contributed by atoms with Crippen LogP contribution in [-0.2, 0) is 19.0 Å². The lowest BCUT2D eigenvalue weighted by Crippen LogP contribution is -2.50. The van der Waals surface area contributed by atoms with E-state index in [0.717, 1.165) is 6.42 Å². The molecule has 3 N–H and O–H groups in total. The lowest BCUT2D eigenvalue weighted by molar-refractivity contribution is -0.130. The van der Waals surface area contributed by atoms with Gasteiger partial charge in [0.25, 0.3) is 0 Å². The van der Waals surface area contributed by atoms with Crippen LogP contribution in [0.25, 0.3) is 0 Å². The average molecular weight is 260 g/mol. The SMILES string of the molecule is COCCOCCCNC(=O)C1(C)COCC1N. The van der Waals surface area contributed by atoms with Crippen LogP contribution in [0.2, 0.25) is 0 Å². The third-order valence-electron chi connectivity index (χ3n) is 3.22. The lowest BCUT2D eigenvalue weighted by atomic mass is 9.85. The summed E-state index contributed by atoms with van der Waals surface area (Å²) in [6.45, 7) is 5.07. The molecule has 1 fully saturated rings. The lowest BCUT2D eigenvalue weighted by Gasteiger charge is -2.25. The van der Waals surface area contributed by atoms with Gasteiger partial charge in [-0.3, -0.25) is 4.79 Å². The van der Waals surface area contributed by atoms with Crippen molar-refractivity contribution in [2.45, 2.75) is 19.4 Å². The molecule has 6 heteroatoms. The first-order valence-electron chi connectivity index (χ1n) is 6.29. The fourth-order valence-electron chi connectivity index (χ4n) is 1.75. The molecule has 0 aromatic rings. The minimum atomic E-state index is -0.600. The van der Waals surface area contributed by atoms with Crippen molar-refractivity contribution in [3.05, 3.63) is 0 Å². The summed E-state index contributed by atoms with van der Waals surface area (Å²) >= 11 is 0. The third kappa shape index (κ3) is 4.20. The largest absolute Gasteiger partial charge is 0.382 e. The molecule has 0 aromatic heterocycles. The molecule has 0 radical (unpaired) electrons. The Bertz CT molecular complexity index is 262. The van der Waals surface area contributed by atoms with Crippen LogP contribution < -0.4 is 11.1 Å². The van der Waals surface area contributed by atoms with E-state index < -0.39 is 5.41 Å². The number of methoxy groups -OCH3 is 1. The van der Waals surface area contributed by atoms with Gasteiger partial charge < -0.3 is 25.3 Å². The first kappa shape index (κ1) is 15.4. The van der Waals surface area contributed by atoms with Gasteiger partial charge in [-0.05, 0) is 13.3 Å². The normalized spacial score (nSPS) is 27.4. The second kappa shape index (κ2) is 7.68. The number of amides is 1. The van der Waals surface area contributed by atoms with Gasteiger partial charge in [-0.2, -0.15) is 0 Å². The van der Waals surface area contributed by atoms with Gasteiger partial charge in [0, 0.05) is 26.3 Å². The molecule has 2 unspecified atom stereocenters. The van der Waals surface area contributed by atoms with E-state index in [0.29, 0.717) is 39.6 Å². The zero-order valence-corrected chi connectivity index (χ0v) is 11.2. The zero-order chi connectivity index (χ0) is 13.4. The number of hydrogen-bond donors (Lipinski definition) is 2. The maximum absolute atomic E-state index is 12.0. The highest BCUT2D eigenvalue weighted by molar-refractivity contribution is 5.83. The molecule has 6 nitrogen and oxygen atoms in total. The van der Waals surface area contributed by atoms with Crippen LogP contribution in [0.1, 0.15) is 13.3 Å². The van der Waals surface area contributed by atoms with Crippen LogP contribution >= 0.6 is 0 Å². The van der Waals surface area contributed by atoms with Crippen molar-refractivity contribution in [1.29, 1.82) is 0 Å². The fourth-order valence-corrected chi connectivity index (χ4v) is 1.75. The Kier molecular flexibility index (Phi) is 6.56. The maximum Gasteiger partial charge on any atom is 0.229 e. The number of nitrogens with one attached hydrogen (secondary N) is 1. The first-order valence-corrected chi connectivity index (χ1v) is 6.29.